The topological polar surface area (TPSA) is 12.5 Å². The van der Waals surface area contributed by atoms with Gasteiger partial charge >= 0.3 is 0 Å². The minimum Gasteiger partial charge on any atom is -0.379 e. The largest absolute Gasteiger partial charge is 0.379 e. The van der Waals surface area contributed by atoms with Crippen LogP contribution < -0.4 is 0 Å². The first-order valence-electron chi connectivity index (χ1n) is 6.19. The molecular formula is C13H27NO. The van der Waals surface area contributed by atoms with Crippen LogP contribution in [0.1, 0.15) is 40.0 Å². The summed E-state index contributed by atoms with van der Waals surface area (Å²) in [6, 6.07) is 0. The van der Waals surface area contributed by atoms with E-state index in [1.807, 2.05) is 13.8 Å². The van der Waals surface area contributed by atoms with Gasteiger partial charge in [-0.3, -0.25) is 0 Å². The Labute approximate surface area is 95.3 Å². The highest BCUT2D eigenvalue weighted by atomic mass is 16.5. The number of ether oxygens (including phenoxy) is 1. The molecule has 0 unspecified atom stereocenters. The molecule has 0 saturated carbocycles. The van der Waals surface area contributed by atoms with E-state index in [4.69, 9.17) is 4.74 Å². The van der Waals surface area contributed by atoms with Crippen molar-refractivity contribution >= 4 is 0 Å². The van der Waals surface area contributed by atoms with Crippen LogP contribution in [0.5, 0.6) is 0 Å². The van der Waals surface area contributed by atoms with E-state index in [9.17, 15) is 0 Å². The van der Waals surface area contributed by atoms with Crippen molar-refractivity contribution in [1.82, 2.24) is 4.90 Å². The average molecular weight is 213 g/mol. The number of rotatable bonds is 4. The molecule has 0 spiro atoms. The molecule has 1 aliphatic rings. The van der Waals surface area contributed by atoms with Gasteiger partial charge in [-0.05, 0) is 18.8 Å². The summed E-state index contributed by atoms with van der Waals surface area (Å²) in [6.07, 6.45) is 3.96. The molecule has 1 rings (SSSR count). The molecule has 15 heavy (non-hydrogen) atoms. The van der Waals surface area contributed by atoms with Crippen molar-refractivity contribution in [3.8, 4) is 0 Å². The molecule has 2 heteroatoms. The Morgan fingerprint density at radius 3 is 2.27 bits per heavy atom. The zero-order valence-electron chi connectivity index (χ0n) is 10.9. The van der Waals surface area contributed by atoms with Crippen LogP contribution >= 0.6 is 0 Å². The van der Waals surface area contributed by atoms with Gasteiger partial charge in [-0.1, -0.05) is 33.8 Å². The third-order valence-electron chi connectivity index (χ3n) is 2.95. The summed E-state index contributed by atoms with van der Waals surface area (Å²) >= 11 is 0. The minimum absolute atomic E-state index is 0.677. The van der Waals surface area contributed by atoms with Gasteiger partial charge in [0.2, 0.25) is 0 Å². The Kier molecular flexibility index (Phi) is 8.49. The van der Waals surface area contributed by atoms with Gasteiger partial charge in [0, 0.05) is 25.9 Å². The molecule has 0 aromatic carbocycles. The molecule has 0 bridgehead atoms. The minimum atomic E-state index is 0.677. The standard InChI is InChI=1S/C11H21NO.C2H6/c1-4-11-5-7-12(8-6-11)10(2)9-13-3;1-2/h11H,2,4-9H2,1,3H3;1-2H3. The summed E-state index contributed by atoms with van der Waals surface area (Å²) in [7, 11) is 1.73. The highest BCUT2D eigenvalue weighted by Gasteiger charge is 2.18. The maximum atomic E-state index is 5.07. The summed E-state index contributed by atoms with van der Waals surface area (Å²) in [4.78, 5) is 2.36. The van der Waals surface area contributed by atoms with Gasteiger partial charge in [-0.25, -0.2) is 0 Å². The lowest BCUT2D eigenvalue weighted by atomic mass is 9.94. The monoisotopic (exact) mass is 213 g/mol. The average Bonchev–Trinajstić information content (AvgIpc) is 2.32. The summed E-state index contributed by atoms with van der Waals surface area (Å²) < 4.78 is 5.07. The Balaban J connectivity index is 0.000000921. The maximum absolute atomic E-state index is 5.07. The lowest BCUT2D eigenvalue weighted by Gasteiger charge is -2.34. The number of hydrogen-bond donors (Lipinski definition) is 0. The Morgan fingerprint density at radius 1 is 1.33 bits per heavy atom. The Hall–Kier alpha value is -0.500. The third kappa shape index (κ3) is 5.22. The van der Waals surface area contributed by atoms with Crippen molar-refractivity contribution in [2.45, 2.75) is 40.0 Å². The lowest BCUT2D eigenvalue weighted by Crippen LogP contribution is -2.33. The van der Waals surface area contributed by atoms with Crippen LogP contribution in [0.2, 0.25) is 0 Å². The second-order valence-electron chi connectivity index (χ2n) is 3.84. The molecule has 0 atom stereocenters. The molecule has 0 aromatic rings. The van der Waals surface area contributed by atoms with Crippen molar-refractivity contribution in [3.05, 3.63) is 12.3 Å². The molecule has 1 fully saturated rings. The zero-order valence-corrected chi connectivity index (χ0v) is 10.9. The van der Waals surface area contributed by atoms with Crippen LogP contribution in [0, 0.1) is 5.92 Å². The molecular weight excluding hydrogens is 186 g/mol. The number of methoxy groups -OCH3 is 1. The van der Waals surface area contributed by atoms with Gasteiger partial charge in [-0.15, -0.1) is 0 Å². The Morgan fingerprint density at radius 2 is 1.87 bits per heavy atom. The quantitative estimate of drug-likeness (QED) is 0.710. The first kappa shape index (κ1) is 14.5. The van der Waals surface area contributed by atoms with E-state index in [2.05, 4.69) is 18.4 Å². The van der Waals surface area contributed by atoms with Gasteiger partial charge in [0.25, 0.3) is 0 Å². The predicted molar refractivity (Wildman–Crippen MR) is 67.0 cm³/mol. The fraction of sp³-hybridized carbons (Fsp3) is 0.846. The van der Waals surface area contributed by atoms with Crippen LogP contribution in [0.15, 0.2) is 12.3 Å². The van der Waals surface area contributed by atoms with Crippen molar-refractivity contribution in [2.75, 3.05) is 26.8 Å². The predicted octanol–water partition coefficient (Wildman–Crippen LogP) is 3.29. The zero-order chi connectivity index (χ0) is 11.7. The molecule has 0 amide bonds. The second-order valence-corrected chi connectivity index (χ2v) is 3.84. The van der Waals surface area contributed by atoms with Crippen molar-refractivity contribution < 1.29 is 4.74 Å². The van der Waals surface area contributed by atoms with Crippen LogP contribution in [0.4, 0.5) is 0 Å². The number of likely N-dealkylation sites (tertiary alicyclic amines) is 1. The van der Waals surface area contributed by atoms with Crippen LogP contribution in [0.25, 0.3) is 0 Å². The van der Waals surface area contributed by atoms with Crippen molar-refractivity contribution in [3.63, 3.8) is 0 Å². The highest BCUT2D eigenvalue weighted by molar-refractivity contribution is 4.95. The van der Waals surface area contributed by atoms with Crippen LogP contribution in [0.3, 0.4) is 0 Å². The SMILES string of the molecule is C=C(COC)N1CCC(CC)CC1.CC. The summed E-state index contributed by atoms with van der Waals surface area (Å²) in [6.45, 7) is 13.3. The first-order chi connectivity index (χ1) is 7.27. The highest BCUT2D eigenvalue weighted by Crippen LogP contribution is 2.21. The first-order valence-corrected chi connectivity index (χ1v) is 6.19. The van der Waals surface area contributed by atoms with E-state index in [1.165, 1.54) is 32.4 Å². The fourth-order valence-corrected chi connectivity index (χ4v) is 1.92. The van der Waals surface area contributed by atoms with E-state index >= 15 is 0 Å². The molecule has 1 heterocycles. The lowest BCUT2D eigenvalue weighted by molar-refractivity contribution is 0.161. The van der Waals surface area contributed by atoms with E-state index in [-0.39, 0.29) is 0 Å². The smallest absolute Gasteiger partial charge is 0.0854 e. The third-order valence-corrected chi connectivity index (χ3v) is 2.95. The van der Waals surface area contributed by atoms with Gasteiger partial charge in [0.15, 0.2) is 0 Å². The van der Waals surface area contributed by atoms with Crippen LogP contribution in [-0.2, 0) is 4.74 Å². The molecule has 0 aromatic heterocycles. The van der Waals surface area contributed by atoms with Crippen molar-refractivity contribution in [1.29, 1.82) is 0 Å². The summed E-state index contributed by atoms with van der Waals surface area (Å²) in [5, 5.41) is 0. The normalized spacial score (nSPS) is 16.9. The van der Waals surface area contributed by atoms with E-state index in [0.29, 0.717) is 6.61 Å². The van der Waals surface area contributed by atoms with Gasteiger partial charge in [-0.2, -0.15) is 0 Å². The molecule has 0 aliphatic carbocycles. The van der Waals surface area contributed by atoms with Gasteiger partial charge in [0.1, 0.15) is 0 Å². The number of hydrogen-bond acceptors (Lipinski definition) is 2. The van der Waals surface area contributed by atoms with Crippen molar-refractivity contribution in [2.24, 2.45) is 5.92 Å². The molecule has 90 valence electrons. The molecule has 0 N–H and O–H groups in total. The fourth-order valence-electron chi connectivity index (χ4n) is 1.92. The van der Waals surface area contributed by atoms with Gasteiger partial charge < -0.3 is 9.64 Å². The molecule has 2 nitrogen and oxygen atoms in total. The molecule has 0 radical (unpaired) electrons. The van der Waals surface area contributed by atoms with Gasteiger partial charge in [0.05, 0.1) is 6.61 Å². The maximum Gasteiger partial charge on any atom is 0.0854 e. The van der Waals surface area contributed by atoms with Crippen LogP contribution in [-0.4, -0.2) is 31.7 Å². The van der Waals surface area contributed by atoms with E-state index in [1.54, 1.807) is 7.11 Å². The number of piperidine rings is 1. The molecule has 1 saturated heterocycles. The number of nitrogens with zero attached hydrogens (tertiary/aromatic N) is 1. The summed E-state index contributed by atoms with van der Waals surface area (Å²) in [5.41, 5.74) is 1.14. The second kappa shape index (κ2) is 8.78. The van der Waals surface area contributed by atoms with E-state index in [0.717, 1.165) is 11.6 Å². The molecule has 1 aliphatic heterocycles. The Bertz CT molecular complexity index is 160. The van der Waals surface area contributed by atoms with E-state index < -0.39 is 0 Å². The summed E-state index contributed by atoms with van der Waals surface area (Å²) in [5.74, 6) is 0.937.